The van der Waals surface area contributed by atoms with E-state index in [1.807, 2.05) is 0 Å². The standard InChI is InChI=1S/C22H24N4O3.C2HF3O2/c1-29-22-19(3-2-10-24-22)21(28)25-14-17-8-11-26(12-9-17)15-20(27)18-6-4-16(13-23)5-7-18;3-2(4,5)1(6)7/h2-7,10,17H,8-9,11-12,14-15H2,1H3,(H,25,28);(H,6,7). The summed E-state index contributed by atoms with van der Waals surface area (Å²) < 4.78 is 36.9. The monoisotopic (exact) mass is 506 g/mol. The number of methoxy groups -OCH3 is 1. The molecule has 1 fully saturated rings. The molecule has 0 unspecified atom stereocenters. The number of nitrogens with zero attached hydrogens (tertiary/aromatic N) is 3. The number of ketones is 1. The van der Waals surface area contributed by atoms with E-state index in [1.54, 1.807) is 42.6 Å². The highest BCUT2D eigenvalue weighted by molar-refractivity contribution is 5.97. The second-order valence-electron chi connectivity index (χ2n) is 7.91. The molecule has 0 bridgehead atoms. The minimum absolute atomic E-state index is 0.0601. The number of ether oxygens (including phenoxy) is 1. The number of halogens is 3. The number of benzene rings is 1. The van der Waals surface area contributed by atoms with E-state index in [0.717, 1.165) is 25.9 Å². The number of carboxylic acids is 1. The van der Waals surface area contributed by atoms with Gasteiger partial charge in [0.05, 0.1) is 25.3 Å². The highest BCUT2D eigenvalue weighted by atomic mass is 19.4. The first-order valence-electron chi connectivity index (χ1n) is 10.9. The number of hydrogen-bond donors (Lipinski definition) is 2. The number of aromatic nitrogens is 1. The fourth-order valence-electron chi connectivity index (χ4n) is 3.43. The lowest BCUT2D eigenvalue weighted by Crippen LogP contribution is -2.40. The van der Waals surface area contributed by atoms with Gasteiger partial charge in [0.1, 0.15) is 5.56 Å². The van der Waals surface area contributed by atoms with Gasteiger partial charge in [0.25, 0.3) is 5.91 Å². The molecular weight excluding hydrogens is 481 g/mol. The third-order valence-corrected chi connectivity index (χ3v) is 5.41. The van der Waals surface area contributed by atoms with Gasteiger partial charge in [0.15, 0.2) is 5.78 Å². The molecule has 1 aromatic heterocycles. The highest BCUT2D eigenvalue weighted by Gasteiger charge is 2.38. The van der Waals surface area contributed by atoms with E-state index >= 15 is 0 Å². The summed E-state index contributed by atoms with van der Waals surface area (Å²) in [6, 6.07) is 12.2. The maximum Gasteiger partial charge on any atom is 0.490 e. The number of likely N-dealkylation sites (tertiary alicyclic amines) is 1. The van der Waals surface area contributed by atoms with Crippen LogP contribution in [0, 0.1) is 17.2 Å². The van der Waals surface area contributed by atoms with Crippen LogP contribution in [0.1, 0.15) is 39.1 Å². The van der Waals surface area contributed by atoms with Crippen LogP contribution in [0.5, 0.6) is 5.88 Å². The van der Waals surface area contributed by atoms with E-state index in [9.17, 15) is 22.8 Å². The quantitative estimate of drug-likeness (QED) is 0.548. The van der Waals surface area contributed by atoms with Gasteiger partial charge in [0.2, 0.25) is 5.88 Å². The zero-order valence-electron chi connectivity index (χ0n) is 19.4. The minimum Gasteiger partial charge on any atom is -0.480 e. The van der Waals surface area contributed by atoms with Crippen molar-refractivity contribution in [3.63, 3.8) is 0 Å². The lowest BCUT2D eigenvalue weighted by molar-refractivity contribution is -0.192. The fraction of sp³-hybridized carbons (Fsp3) is 0.375. The predicted molar refractivity (Wildman–Crippen MR) is 121 cm³/mol. The van der Waals surface area contributed by atoms with Crippen LogP contribution >= 0.6 is 0 Å². The first kappa shape index (κ1) is 28.3. The minimum atomic E-state index is -5.08. The Morgan fingerprint density at radius 3 is 2.33 bits per heavy atom. The number of carboxylic acid groups (broad SMARTS) is 1. The lowest BCUT2D eigenvalue weighted by Gasteiger charge is -2.31. The van der Waals surface area contributed by atoms with Crippen molar-refractivity contribution in [1.29, 1.82) is 5.26 Å². The number of rotatable bonds is 7. The van der Waals surface area contributed by atoms with Crippen LogP contribution in [0.4, 0.5) is 13.2 Å². The molecule has 1 aromatic carbocycles. The summed E-state index contributed by atoms with van der Waals surface area (Å²) in [7, 11) is 1.49. The number of carbonyl (C=O) groups is 3. The summed E-state index contributed by atoms with van der Waals surface area (Å²) >= 11 is 0. The zero-order chi connectivity index (χ0) is 26.7. The molecule has 0 spiro atoms. The maximum atomic E-state index is 12.4. The zero-order valence-corrected chi connectivity index (χ0v) is 19.4. The van der Waals surface area contributed by atoms with Crippen molar-refractivity contribution in [1.82, 2.24) is 15.2 Å². The molecule has 1 aliphatic heterocycles. The van der Waals surface area contributed by atoms with E-state index in [0.29, 0.717) is 41.6 Å². The summed E-state index contributed by atoms with van der Waals surface area (Å²) in [6.45, 7) is 2.60. The molecule has 0 aliphatic carbocycles. The van der Waals surface area contributed by atoms with Gasteiger partial charge >= 0.3 is 12.1 Å². The fourth-order valence-corrected chi connectivity index (χ4v) is 3.43. The highest BCUT2D eigenvalue weighted by Crippen LogP contribution is 2.18. The van der Waals surface area contributed by atoms with Gasteiger partial charge in [-0.2, -0.15) is 18.4 Å². The summed E-state index contributed by atoms with van der Waals surface area (Å²) in [4.78, 5) is 39.9. The number of alkyl halides is 3. The second kappa shape index (κ2) is 13.2. The summed E-state index contributed by atoms with van der Waals surface area (Å²) in [6.07, 6.45) is -1.65. The number of piperidine rings is 1. The summed E-state index contributed by atoms with van der Waals surface area (Å²) in [5.41, 5.74) is 1.61. The molecule has 1 amide bonds. The summed E-state index contributed by atoms with van der Waals surface area (Å²) in [5, 5.41) is 18.9. The van der Waals surface area contributed by atoms with Crippen LogP contribution in [-0.4, -0.2) is 72.1 Å². The smallest absolute Gasteiger partial charge is 0.480 e. The molecule has 0 atom stereocenters. The van der Waals surface area contributed by atoms with Gasteiger partial charge in [-0.25, -0.2) is 9.78 Å². The second-order valence-corrected chi connectivity index (χ2v) is 7.91. The van der Waals surface area contributed by atoms with Gasteiger partial charge in [0, 0.05) is 18.3 Å². The van der Waals surface area contributed by atoms with Crippen molar-refractivity contribution in [2.45, 2.75) is 19.0 Å². The Bertz CT molecular complexity index is 1090. The Hall–Kier alpha value is -3.98. The molecule has 12 heteroatoms. The molecule has 192 valence electrons. The van der Waals surface area contributed by atoms with Gasteiger partial charge in [-0.3, -0.25) is 14.5 Å². The third-order valence-electron chi connectivity index (χ3n) is 5.41. The Morgan fingerprint density at radius 1 is 1.19 bits per heavy atom. The molecule has 9 nitrogen and oxygen atoms in total. The molecule has 3 rings (SSSR count). The largest absolute Gasteiger partial charge is 0.490 e. The Labute approximate surface area is 205 Å². The van der Waals surface area contributed by atoms with Crippen molar-refractivity contribution in [2.24, 2.45) is 5.92 Å². The normalized spacial score (nSPS) is 14.1. The van der Waals surface area contributed by atoms with E-state index in [2.05, 4.69) is 21.3 Å². The number of Topliss-reactive ketones (excluding diaryl/α,β-unsaturated/α-hetero) is 1. The molecule has 1 aliphatic rings. The molecule has 0 radical (unpaired) electrons. The van der Waals surface area contributed by atoms with Crippen LogP contribution in [0.15, 0.2) is 42.6 Å². The molecular formula is C24H25F3N4O5. The Kier molecular flexibility index (Phi) is 10.4. The van der Waals surface area contributed by atoms with Crippen LogP contribution < -0.4 is 10.1 Å². The predicted octanol–water partition coefficient (Wildman–Crippen LogP) is 2.92. The SMILES string of the molecule is COc1ncccc1C(=O)NCC1CCN(CC(=O)c2ccc(C#N)cc2)CC1.O=C(O)C(F)(F)F. The van der Waals surface area contributed by atoms with Crippen molar-refractivity contribution < 1.29 is 37.4 Å². The number of hydrogen-bond acceptors (Lipinski definition) is 7. The summed E-state index contributed by atoms with van der Waals surface area (Å²) in [5.74, 6) is -2.19. The molecule has 2 heterocycles. The first-order chi connectivity index (χ1) is 17.0. The van der Waals surface area contributed by atoms with E-state index in [1.165, 1.54) is 7.11 Å². The average molecular weight is 506 g/mol. The van der Waals surface area contributed by atoms with Gasteiger partial charge in [-0.05, 0) is 56.1 Å². The molecule has 1 saturated heterocycles. The molecule has 2 aromatic rings. The maximum absolute atomic E-state index is 12.4. The van der Waals surface area contributed by atoms with E-state index in [4.69, 9.17) is 19.9 Å². The van der Waals surface area contributed by atoms with Crippen molar-refractivity contribution >= 4 is 17.7 Å². The Balaban J connectivity index is 0.000000572. The number of pyridine rings is 1. The number of nitriles is 1. The van der Waals surface area contributed by atoms with Crippen LogP contribution in [0.3, 0.4) is 0 Å². The number of aliphatic carboxylic acids is 1. The number of nitrogens with one attached hydrogen (secondary N) is 1. The van der Waals surface area contributed by atoms with Crippen molar-refractivity contribution in [2.75, 3.05) is 33.3 Å². The first-order valence-corrected chi connectivity index (χ1v) is 10.9. The average Bonchev–Trinajstić information content (AvgIpc) is 2.87. The lowest BCUT2D eigenvalue weighted by atomic mass is 9.96. The number of amides is 1. The topological polar surface area (TPSA) is 133 Å². The molecule has 0 saturated carbocycles. The van der Waals surface area contributed by atoms with Gasteiger partial charge in [-0.15, -0.1) is 0 Å². The van der Waals surface area contributed by atoms with Gasteiger partial charge in [-0.1, -0.05) is 12.1 Å². The van der Waals surface area contributed by atoms with Crippen LogP contribution in [-0.2, 0) is 4.79 Å². The van der Waals surface area contributed by atoms with Gasteiger partial charge < -0.3 is 15.2 Å². The van der Waals surface area contributed by atoms with E-state index in [-0.39, 0.29) is 11.7 Å². The van der Waals surface area contributed by atoms with Crippen molar-refractivity contribution in [3.8, 4) is 11.9 Å². The Morgan fingerprint density at radius 2 is 1.81 bits per heavy atom. The molecule has 2 N–H and O–H groups in total. The van der Waals surface area contributed by atoms with Crippen LogP contribution in [0.2, 0.25) is 0 Å². The van der Waals surface area contributed by atoms with Crippen molar-refractivity contribution in [3.05, 3.63) is 59.3 Å². The molecule has 36 heavy (non-hydrogen) atoms. The van der Waals surface area contributed by atoms with Crippen LogP contribution in [0.25, 0.3) is 0 Å². The van der Waals surface area contributed by atoms with E-state index < -0.39 is 12.1 Å². The number of carbonyl (C=O) groups excluding carboxylic acids is 2. The third kappa shape index (κ3) is 8.66.